The molecule has 0 fully saturated rings. The van der Waals surface area contributed by atoms with Crippen LogP contribution in [0.25, 0.3) is 17.0 Å². The number of carbonyl (C=O) groups is 1. The lowest BCUT2D eigenvalue weighted by molar-refractivity contribution is -0.131. The lowest BCUT2D eigenvalue weighted by Gasteiger charge is -2.06. The molecule has 0 saturated carbocycles. The van der Waals surface area contributed by atoms with Gasteiger partial charge in [-0.15, -0.1) is 0 Å². The number of rotatable bonds is 5. The molecule has 0 bridgehead atoms. The highest BCUT2D eigenvalue weighted by molar-refractivity contribution is 5.94. The Bertz CT molecular complexity index is 910. The topological polar surface area (TPSA) is 51.5 Å². The molecule has 1 N–H and O–H groups in total. The molecule has 1 aromatic heterocycles. The summed E-state index contributed by atoms with van der Waals surface area (Å²) in [6, 6.07) is 12.0. The molecule has 5 heteroatoms. The molecule has 122 valence electrons. The number of carboxylic acid groups (broad SMARTS) is 1. The molecule has 2 aromatic carbocycles. The van der Waals surface area contributed by atoms with Crippen LogP contribution < -0.4 is 4.74 Å². The minimum atomic E-state index is -1.00. The van der Waals surface area contributed by atoms with E-state index in [1.807, 2.05) is 29.0 Å². The van der Waals surface area contributed by atoms with Crippen molar-refractivity contribution in [2.45, 2.75) is 6.54 Å². The first-order chi connectivity index (χ1) is 11.6. The first kappa shape index (κ1) is 15.8. The number of benzene rings is 2. The van der Waals surface area contributed by atoms with Crippen LogP contribution in [0.2, 0.25) is 0 Å². The van der Waals surface area contributed by atoms with Gasteiger partial charge in [0.25, 0.3) is 0 Å². The van der Waals surface area contributed by atoms with Crippen molar-refractivity contribution < 1.29 is 19.0 Å². The van der Waals surface area contributed by atoms with Crippen LogP contribution in [0, 0.1) is 5.82 Å². The Labute approximate surface area is 138 Å². The van der Waals surface area contributed by atoms with Gasteiger partial charge in [-0.3, -0.25) is 0 Å². The fraction of sp³-hybridized carbons (Fsp3) is 0.105. The van der Waals surface area contributed by atoms with Gasteiger partial charge >= 0.3 is 5.97 Å². The van der Waals surface area contributed by atoms with Gasteiger partial charge in [0.15, 0.2) is 0 Å². The standard InChI is InChI=1S/C19H16FNO3/c1-24-16-7-8-18-17(10-16)14(4-9-19(22)23)12-21(18)11-13-2-5-15(20)6-3-13/h2-10,12H,11H2,1H3,(H,22,23)/b9-4+. The third kappa shape index (κ3) is 3.30. The molecule has 1 heterocycles. The Morgan fingerprint density at radius 3 is 2.67 bits per heavy atom. The second-order valence-corrected chi connectivity index (χ2v) is 5.39. The van der Waals surface area contributed by atoms with E-state index in [0.717, 1.165) is 28.1 Å². The zero-order valence-corrected chi connectivity index (χ0v) is 13.1. The van der Waals surface area contributed by atoms with E-state index in [-0.39, 0.29) is 5.82 Å². The van der Waals surface area contributed by atoms with E-state index in [0.29, 0.717) is 12.3 Å². The summed E-state index contributed by atoms with van der Waals surface area (Å²) in [5, 5.41) is 9.76. The van der Waals surface area contributed by atoms with Crippen LogP contribution in [0.4, 0.5) is 4.39 Å². The van der Waals surface area contributed by atoms with Gasteiger partial charge in [0, 0.05) is 35.3 Å². The molecular weight excluding hydrogens is 309 g/mol. The monoisotopic (exact) mass is 325 g/mol. The first-order valence-corrected chi connectivity index (χ1v) is 7.39. The van der Waals surface area contributed by atoms with E-state index in [9.17, 15) is 9.18 Å². The van der Waals surface area contributed by atoms with Crippen molar-refractivity contribution in [1.82, 2.24) is 4.57 Å². The summed E-state index contributed by atoms with van der Waals surface area (Å²) >= 11 is 0. The van der Waals surface area contributed by atoms with Crippen molar-refractivity contribution in [3.05, 3.63) is 71.7 Å². The Balaban J connectivity index is 2.06. The fourth-order valence-corrected chi connectivity index (χ4v) is 2.64. The summed E-state index contributed by atoms with van der Waals surface area (Å²) in [4.78, 5) is 10.8. The second kappa shape index (κ2) is 6.58. The molecule has 0 spiro atoms. The number of aliphatic carboxylic acids is 1. The molecule has 0 atom stereocenters. The van der Waals surface area contributed by atoms with Crippen molar-refractivity contribution in [3.63, 3.8) is 0 Å². The number of ether oxygens (including phenoxy) is 1. The van der Waals surface area contributed by atoms with Crippen LogP contribution in [0.1, 0.15) is 11.1 Å². The Morgan fingerprint density at radius 1 is 1.25 bits per heavy atom. The van der Waals surface area contributed by atoms with Crippen LogP contribution >= 0.6 is 0 Å². The summed E-state index contributed by atoms with van der Waals surface area (Å²) in [5.74, 6) is -0.574. The second-order valence-electron chi connectivity index (χ2n) is 5.39. The van der Waals surface area contributed by atoms with E-state index >= 15 is 0 Å². The number of fused-ring (bicyclic) bond motifs is 1. The van der Waals surface area contributed by atoms with Crippen LogP contribution in [-0.2, 0) is 11.3 Å². The SMILES string of the molecule is COc1ccc2c(c1)c(/C=C/C(=O)O)cn2Cc1ccc(F)cc1. The molecule has 0 amide bonds. The maximum atomic E-state index is 13.1. The molecular formula is C19H16FNO3. The zero-order valence-electron chi connectivity index (χ0n) is 13.1. The lowest BCUT2D eigenvalue weighted by Crippen LogP contribution is -1.97. The minimum absolute atomic E-state index is 0.272. The quantitative estimate of drug-likeness (QED) is 0.723. The number of carboxylic acids is 1. The summed E-state index contributed by atoms with van der Waals surface area (Å²) in [7, 11) is 1.59. The Hall–Kier alpha value is -3.08. The van der Waals surface area contributed by atoms with Gasteiger partial charge in [0.05, 0.1) is 7.11 Å². The van der Waals surface area contributed by atoms with E-state index in [4.69, 9.17) is 9.84 Å². The van der Waals surface area contributed by atoms with Gasteiger partial charge in [-0.1, -0.05) is 12.1 Å². The maximum absolute atomic E-state index is 13.1. The third-order valence-electron chi connectivity index (χ3n) is 3.79. The molecule has 24 heavy (non-hydrogen) atoms. The highest BCUT2D eigenvalue weighted by Crippen LogP contribution is 2.27. The lowest BCUT2D eigenvalue weighted by atomic mass is 10.1. The van der Waals surface area contributed by atoms with Crippen LogP contribution in [0.15, 0.2) is 54.7 Å². The normalized spacial score (nSPS) is 11.2. The summed E-state index contributed by atoms with van der Waals surface area (Å²) in [6.45, 7) is 0.560. The van der Waals surface area contributed by atoms with E-state index in [1.165, 1.54) is 12.1 Å². The highest BCUT2D eigenvalue weighted by Gasteiger charge is 2.09. The molecule has 0 radical (unpaired) electrons. The number of methoxy groups -OCH3 is 1. The Morgan fingerprint density at radius 2 is 2.00 bits per heavy atom. The van der Waals surface area contributed by atoms with Crippen molar-refractivity contribution >= 4 is 22.9 Å². The van der Waals surface area contributed by atoms with Crippen molar-refractivity contribution in [1.29, 1.82) is 0 Å². The molecule has 0 aliphatic rings. The average Bonchev–Trinajstić information content (AvgIpc) is 2.92. The molecule has 0 unspecified atom stereocenters. The van der Waals surface area contributed by atoms with Crippen molar-refractivity contribution in [2.24, 2.45) is 0 Å². The largest absolute Gasteiger partial charge is 0.497 e. The van der Waals surface area contributed by atoms with Crippen molar-refractivity contribution in [3.8, 4) is 5.75 Å². The summed E-state index contributed by atoms with van der Waals surface area (Å²) in [5.41, 5.74) is 2.69. The summed E-state index contributed by atoms with van der Waals surface area (Å²) in [6.07, 6.45) is 4.55. The van der Waals surface area contributed by atoms with Gasteiger partial charge in [-0.05, 0) is 42.0 Å². The van der Waals surface area contributed by atoms with E-state index in [2.05, 4.69) is 0 Å². The number of aromatic nitrogens is 1. The summed E-state index contributed by atoms with van der Waals surface area (Å²) < 4.78 is 20.3. The predicted molar refractivity (Wildman–Crippen MR) is 90.7 cm³/mol. The van der Waals surface area contributed by atoms with Gasteiger partial charge < -0.3 is 14.4 Å². The van der Waals surface area contributed by atoms with Crippen molar-refractivity contribution in [2.75, 3.05) is 7.11 Å². The number of halogens is 1. The van der Waals surface area contributed by atoms with Gasteiger partial charge in [-0.2, -0.15) is 0 Å². The van der Waals surface area contributed by atoms with Crippen LogP contribution in [0.5, 0.6) is 5.75 Å². The minimum Gasteiger partial charge on any atom is -0.497 e. The fourth-order valence-electron chi connectivity index (χ4n) is 2.64. The molecule has 0 aliphatic carbocycles. The maximum Gasteiger partial charge on any atom is 0.328 e. The number of hydrogen-bond donors (Lipinski definition) is 1. The zero-order chi connectivity index (χ0) is 17.1. The van der Waals surface area contributed by atoms with Crippen LogP contribution in [-0.4, -0.2) is 22.8 Å². The van der Waals surface area contributed by atoms with Gasteiger partial charge in [-0.25, -0.2) is 9.18 Å². The van der Waals surface area contributed by atoms with Crippen LogP contribution in [0.3, 0.4) is 0 Å². The van der Waals surface area contributed by atoms with Gasteiger partial charge in [0.1, 0.15) is 11.6 Å². The molecule has 0 aliphatic heterocycles. The molecule has 3 rings (SSSR count). The molecule has 3 aromatic rings. The number of nitrogens with zero attached hydrogens (tertiary/aromatic N) is 1. The van der Waals surface area contributed by atoms with Gasteiger partial charge in [0.2, 0.25) is 0 Å². The number of hydrogen-bond acceptors (Lipinski definition) is 2. The third-order valence-corrected chi connectivity index (χ3v) is 3.79. The van der Waals surface area contributed by atoms with E-state index < -0.39 is 5.97 Å². The Kier molecular flexibility index (Phi) is 4.33. The average molecular weight is 325 g/mol. The molecule has 0 saturated heterocycles. The smallest absolute Gasteiger partial charge is 0.328 e. The first-order valence-electron chi connectivity index (χ1n) is 7.39. The van der Waals surface area contributed by atoms with E-state index in [1.54, 1.807) is 25.3 Å². The molecule has 4 nitrogen and oxygen atoms in total. The highest BCUT2D eigenvalue weighted by atomic mass is 19.1. The predicted octanol–water partition coefficient (Wildman–Crippen LogP) is 3.94.